The maximum Gasteiger partial charge on any atom is 0.336 e. The number of benzene rings is 1. The minimum atomic E-state index is -1.33. The molecule has 19 heavy (non-hydrogen) atoms. The second kappa shape index (κ2) is 6.75. The fourth-order valence-electron chi connectivity index (χ4n) is 1.72. The first-order valence-electron chi connectivity index (χ1n) is 5.68. The van der Waals surface area contributed by atoms with Crippen molar-refractivity contribution in [2.75, 3.05) is 6.54 Å². The van der Waals surface area contributed by atoms with Crippen LogP contribution in [0.3, 0.4) is 0 Å². The van der Waals surface area contributed by atoms with Gasteiger partial charge in [-0.1, -0.05) is 22.8 Å². The van der Waals surface area contributed by atoms with Gasteiger partial charge in [0, 0.05) is 11.5 Å². The van der Waals surface area contributed by atoms with E-state index in [1.54, 1.807) is 13.0 Å². The highest BCUT2D eigenvalue weighted by Gasteiger charge is 2.23. The number of aliphatic hydroxyl groups is 2. The normalized spacial score (nSPS) is 13.4. The average Bonchev–Trinajstić information content (AvgIpc) is 2.37. The number of carboxylic acids is 1. The number of nitrogens with zero attached hydrogens (tertiary/aromatic N) is 3. The number of carboxylic acid groups (broad SMARTS) is 1. The quantitative estimate of drug-likeness (QED) is 0.411. The second-order valence-electron chi connectivity index (χ2n) is 4.15. The van der Waals surface area contributed by atoms with Crippen molar-refractivity contribution in [3.05, 3.63) is 45.3 Å². The first-order valence-corrected chi connectivity index (χ1v) is 5.68. The molecule has 0 radical (unpaired) electrons. The van der Waals surface area contributed by atoms with Crippen LogP contribution in [0.4, 0.5) is 0 Å². The van der Waals surface area contributed by atoms with Gasteiger partial charge in [-0.3, -0.25) is 0 Å². The van der Waals surface area contributed by atoms with Gasteiger partial charge in [-0.25, -0.2) is 4.79 Å². The predicted molar refractivity (Wildman–Crippen MR) is 67.7 cm³/mol. The number of azide groups is 1. The van der Waals surface area contributed by atoms with E-state index in [2.05, 4.69) is 10.0 Å². The third-order valence-corrected chi connectivity index (χ3v) is 2.71. The molecule has 102 valence electrons. The Labute approximate surface area is 109 Å². The number of aromatic carboxylic acids is 1. The van der Waals surface area contributed by atoms with Crippen molar-refractivity contribution in [3.63, 3.8) is 0 Å². The summed E-state index contributed by atoms with van der Waals surface area (Å²) in [6.07, 6.45) is -2.47. The van der Waals surface area contributed by atoms with Crippen LogP contribution in [0.25, 0.3) is 10.4 Å². The van der Waals surface area contributed by atoms with E-state index in [4.69, 9.17) is 10.6 Å². The van der Waals surface area contributed by atoms with E-state index in [-0.39, 0.29) is 24.1 Å². The Kier molecular flexibility index (Phi) is 5.32. The molecule has 0 aliphatic heterocycles. The lowest BCUT2D eigenvalue weighted by Crippen LogP contribution is -2.21. The molecule has 0 fully saturated rings. The van der Waals surface area contributed by atoms with Crippen LogP contribution in [0.2, 0.25) is 0 Å². The van der Waals surface area contributed by atoms with E-state index >= 15 is 0 Å². The van der Waals surface area contributed by atoms with E-state index in [1.807, 2.05) is 0 Å². The van der Waals surface area contributed by atoms with Crippen LogP contribution in [0.1, 0.15) is 34.0 Å². The monoisotopic (exact) mass is 265 g/mol. The van der Waals surface area contributed by atoms with Gasteiger partial charge in [0.1, 0.15) is 6.10 Å². The number of rotatable bonds is 6. The molecule has 0 aliphatic carbocycles. The van der Waals surface area contributed by atoms with Crippen LogP contribution in [-0.4, -0.2) is 33.9 Å². The largest absolute Gasteiger partial charge is 0.478 e. The molecular formula is C12H15N3O4. The highest BCUT2D eigenvalue weighted by atomic mass is 16.4. The van der Waals surface area contributed by atoms with Crippen LogP contribution in [-0.2, 0) is 0 Å². The van der Waals surface area contributed by atoms with E-state index in [0.717, 1.165) is 5.56 Å². The first-order chi connectivity index (χ1) is 8.97. The third kappa shape index (κ3) is 3.96. The van der Waals surface area contributed by atoms with Crippen LogP contribution >= 0.6 is 0 Å². The van der Waals surface area contributed by atoms with Crippen molar-refractivity contribution in [3.8, 4) is 0 Å². The Morgan fingerprint density at radius 3 is 2.74 bits per heavy atom. The molecule has 0 amide bonds. The molecule has 0 saturated heterocycles. The molecule has 7 heteroatoms. The summed E-state index contributed by atoms with van der Waals surface area (Å²) in [5.74, 6) is -1.17. The molecule has 2 unspecified atom stereocenters. The molecule has 0 aliphatic rings. The minimum Gasteiger partial charge on any atom is -0.478 e. The molecule has 0 aromatic heterocycles. The average molecular weight is 265 g/mol. The molecule has 0 saturated carbocycles. The minimum absolute atomic E-state index is 0.0307. The maximum absolute atomic E-state index is 11.1. The van der Waals surface area contributed by atoms with E-state index in [9.17, 15) is 15.0 Å². The van der Waals surface area contributed by atoms with Crippen LogP contribution in [0.15, 0.2) is 23.3 Å². The highest BCUT2D eigenvalue weighted by Crippen LogP contribution is 2.24. The first kappa shape index (κ1) is 15.0. The number of carbonyl (C=O) groups is 1. The van der Waals surface area contributed by atoms with Gasteiger partial charge in [0.25, 0.3) is 0 Å². The number of aliphatic hydroxyl groups excluding tert-OH is 2. The van der Waals surface area contributed by atoms with Gasteiger partial charge in [-0.05, 0) is 30.5 Å². The zero-order valence-corrected chi connectivity index (χ0v) is 10.4. The topological polar surface area (TPSA) is 127 Å². The van der Waals surface area contributed by atoms with Crippen LogP contribution < -0.4 is 0 Å². The zero-order valence-electron chi connectivity index (χ0n) is 10.4. The summed E-state index contributed by atoms with van der Waals surface area (Å²) >= 11 is 0. The smallest absolute Gasteiger partial charge is 0.336 e. The van der Waals surface area contributed by atoms with Crippen molar-refractivity contribution in [2.45, 2.75) is 25.6 Å². The molecule has 0 heterocycles. The van der Waals surface area contributed by atoms with Crippen molar-refractivity contribution in [1.82, 2.24) is 0 Å². The molecule has 3 N–H and O–H groups in total. The summed E-state index contributed by atoms with van der Waals surface area (Å²) in [6.45, 7) is 1.79. The molecule has 0 spiro atoms. The van der Waals surface area contributed by atoms with Crippen molar-refractivity contribution >= 4 is 5.97 Å². The highest BCUT2D eigenvalue weighted by molar-refractivity contribution is 5.89. The van der Waals surface area contributed by atoms with Gasteiger partial charge in [-0.2, -0.15) is 0 Å². The zero-order chi connectivity index (χ0) is 14.4. The Morgan fingerprint density at radius 1 is 1.47 bits per heavy atom. The van der Waals surface area contributed by atoms with E-state index in [0.29, 0.717) is 0 Å². The SMILES string of the molecule is Cc1ccc(C(=O)O)c(C(O)C(O)CCN=[N+]=[N-])c1. The van der Waals surface area contributed by atoms with Crippen LogP contribution in [0.5, 0.6) is 0 Å². The predicted octanol–water partition coefficient (Wildman–Crippen LogP) is 1.79. The Hall–Kier alpha value is -2.08. The summed E-state index contributed by atoms with van der Waals surface area (Å²) in [5, 5.41) is 32.1. The van der Waals surface area contributed by atoms with Gasteiger partial charge >= 0.3 is 5.97 Å². The fourth-order valence-corrected chi connectivity index (χ4v) is 1.72. The molecule has 1 aromatic carbocycles. The number of hydrogen-bond acceptors (Lipinski definition) is 4. The Morgan fingerprint density at radius 2 is 2.16 bits per heavy atom. The second-order valence-corrected chi connectivity index (χ2v) is 4.15. The Bertz CT molecular complexity index is 512. The third-order valence-electron chi connectivity index (χ3n) is 2.71. The molecule has 2 atom stereocenters. The number of hydrogen-bond donors (Lipinski definition) is 3. The molecular weight excluding hydrogens is 250 g/mol. The lowest BCUT2D eigenvalue weighted by Gasteiger charge is -2.19. The van der Waals surface area contributed by atoms with Gasteiger partial charge in [-0.15, -0.1) is 0 Å². The summed E-state index contributed by atoms with van der Waals surface area (Å²) in [5.41, 5.74) is 9.00. The van der Waals surface area contributed by atoms with Gasteiger partial charge in [0.05, 0.1) is 11.7 Å². The van der Waals surface area contributed by atoms with Crippen molar-refractivity contribution < 1.29 is 20.1 Å². The van der Waals surface area contributed by atoms with Crippen molar-refractivity contribution in [1.29, 1.82) is 0 Å². The van der Waals surface area contributed by atoms with Gasteiger partial charge < -0.3 is 15.3 Å². The van der Waals surface area contributed by atoms with Gasteiger partial charge in [0.15, 0.2) is 0 Å². The lowest BCUT2D eigenvalue weighted by atomic mass is 9.95. The van der Waals surface area contributed by atoms with E-state index in [1.165, 1.54) is 12.1 Å². The fraction of sp³-hybridized carbons (Fsp3) is 0.417. The molecule has 0 bridgehead atoms. The lowest BCUT2D eigenvalue weighted by molar-refractivity contribution is 0.0141. The summed E-state index contributed by atoms with van der Waals surface area (Å²) < 4.78 is 0. The van der Waals surface area contributed by atoms with Crippen molar-refractivity contribution in [2.24, 2.45) is 5.11 Å². The van der Waals surface area contributed by atoms with E-state index < -0.39 is 18.2 Å². The summed E-state index contributed by atoms with van der Waals surface area (Å²) in [4.78, 5) is 13.6. The standard InChI is InChI=1S/C12H15N3O4/c1-7-2-3-8(12(18)19)9(6-7)11(17)10(16)4-5-14-15-13/h2-3,6,10-11,16-17H,4-5H2,1H3,(H,18,19). The molecule has 7 nitrogen and oxygen atoms in total. The maximum atomic E-state index is 11.1. The van der Waals surface area contributed by atoms with Crippen LogP contribution in [0, 0.1) is 6.92 Å². The molecule has 1 rings (SSSR count). The summed E-state index contributed by atoms with van der Waals surface area (Å²) in [7, 11) is 0. The number of aryl methyl sites for hydroxylation is 1. The molecule has 1 aromatic rings. The van der Waals surface area contributed by atoms with Gasteiger partial charge in [0.2, 0.25) is 0 Å². The summed E-state index contributed by atoms with van der Waals surface area (Å²) in [6, 6.07) is 4.52. The Balaban J connectivity index is 2.96.